The van der Waals surface area contributed by atoms with Crippen LogP contribution in [0.1, 0.15) is 53.0 Å². The summed E-state index contributed by atoms with van der Waals surface area (Å²) in [6.07, 6.45) is 4.64. The number of hydrogen-bond acceptors (Lipinski definition) is 6. The first-order valence-electron chi connectivity index (χ1n) is 10.7. The number of allylic oxidation sites excluding steroid dienone is 1. The van der Waals surface area contributed by atoms with Gasteiger partial charge in [0.15, 0.2) is 11.6 Å². The van der Waals surface area contributed by atoms with Crippen LogP contribution >= 0.6 is 0 Å². The molecule has 1 saturated heterocycles. The van der Waals surface area contributed by atoms with E-state index in [4.69, 9.17) is 0 Å². The summed E-state index contributed by atoms with van der Waals surface area (Å²) >= 11 is 0. The molecule has 4 rings (SSSR count). The SMILES string of the molecule is CCC(=O)c1ccc(N2CCN(Cc3cnc4c(c3)CC(=O)C(C)=C4)CC2)c(C#N)c1. The van der Waals surface area contributed by atoms with Crippen LogP contribution in [0.4, 0.5) is 5.69 Å². The van der Waals surface area contributed by atoms with Crippen molar-refractivity contribution in [1.82, 2.24) is 9.88 Å². The minimum absolute atomic E-state index is 0.0545. The van der Waals surface area contributed by atoms with E-state index in [9.17, 15) is 14.9 Å². The van der Waals surface area contributed by atoms with Crippen LogP contribution in [0.15, 0.2) is 36.0 Å². The average Bonchev–Trinajstić information content (AvgIpc) is 2.79. The zero-order chi connectivity index (χ0) is 22.0. The fourth-order valence-corrected chi connectivity index (χ4v) is 4.21. The first-order valence-corrected chi connectivity index (χ1v) is 10.7. The van der Waals surface area contributed by atoms with E-state index in [0.29, 0.717) is 24.0 Å². The lowest BCUT2D eigenvalue weighted by atomic mass is 9.94. The summed E-state index contributed by atoms with van der Waals surface area (Å²) in [7, 11) is 0. The third-order valence-corrected chi connectivity index (χ3v) is 6.08. The number of carbonyl (C=O) groups excluding carboxylic acids is 2. The van der Waals surface area contributed by atoms with Gasteiger partial charge in [0.2, 0.25) is 0 Å². The Balaban J connectivity index is 1.41. The number of ketones is 2. The second-order valence-corrected chi connectivity index (χ2v) is 8.20. The van der Waals surface area contributed by atoms with Crippen LogP contribution in [0, 0.1) is 11.3 Å². The molecule has 0 atom stereocenters. The van der Waals surface area contributed by atoms with E-state index in [2.05, 4.69) is 26.9 Å². The van der Waals surface area contributed by atoms with Crippen LogP contribution in [0.25, 0.3) is 6.08 Å². The highest BCUT2D eigenvalue weighted by Crippen LogP contribution is 2.25. The molecule has 2 aliphatic rings. The maximum atomic E-state index is 12.0. The van der Waals surface area contributed by atoms with Gasteiger partial charge >= 0.3 is 0 Å². The standard InChI is InChI=1S/C25H26N4O2/c1-3-24(30)19-4-5-23(21(12-19)14-26)29-8-6-28(7-9-29)16-18-11-20-13-25(31)17(2)10-22(20)27-15-18/h4-5,10-12,15H,3,6-9,13,16H2,1-2H3. The van der Waals surface area contributed by atoms with Crippen molar-refractivity contribution >= 4 is 23.3 Å². The smallest absolute Gasteiger partial charge is 0.163 e. The number of pyridine rings is 1. The lowest BCUT2D eigenvalue weighted by molar-refractivity contribution is -0.114. The number of nitriles is 1. The minimum Gasteiger partial charge on any atom is -0.368 e. The molecule has 0 unspecified atom stereocenters. The number of Topliss-reactive ketones (excluding diaryl/α,β-unsaturated/α-hetero) is 2. The molecule has 0 bridgehead atoms. The Labute approximate surface area is 182 Å². The van der Waals surface area contributed by atoms with Gasteiger partial charge in [-0.1, -0.05) is 13.0 Å². The van der Waals surface area contributed by atoms with Gasteiger partial charge < -0.3 is 4.90 Å². The number of hydrogen-bond donors (Lipinski definition) is 0. The molecule has 0 amide bonds. The van der Waals surface area contributed by atoms with E-state index in [1.807, 2.05) is 38.3 Å². The summed E-state index contributed by atoms with van der Waals surface area (Å²) in [5.41, 5.74) is 5.85. The average molecular weight is 415 g/mol. The molecule has 0 spiro atoms. The van der Waals surface area contributed by atoms with Crippen LogP contribution in [-0.2, 0) is 17.8 Å². The molecule has 158 valence electrons. The maximum absolute atomic E-state index is 12.0. The summed E-state index contributed by atoms with van der Waals surface area (Å²) < 4.78 is 0. The van der Waals surface area contributed by atoms with Gasteiger partial charge in [-0.25, -0.2) is 0 Å². The van der Waals surface area contributed by atoms with Gasteiger partial charge in [0.05, 0.1) is 16.9 Å². The molecule has 6 heteroatoms. The predicted molar refractivity (Wildman–Crippen MR) is 120 cm³/mol. The van der Waals surface area contributed by atoms with Crippen molar-refractivity contribution in [1.29, 1.82) is 5.26 Å². The van der Waals surface area contributed by atoms with Crippen molar-refractivity contribution in [2.45, 2.75) is 33.2 Å². The minimum atomic E-state index is 0.0545. The van der Waals surface area contributed by atoms with Gasteiger partial charge in [0.25, 0.3) is 0 Å². The zero-order valence-corrected chi connectivity index (χ0v) is 18.0. The van der Waals surface area contributed by atoms with E-state index in [1.165, 1.54) is 0 Å². The molecule has 1 fully saturated rings. The Kier molecular flexibility index (Phi) is 5.97. The molecule has 1 aromatic heterocycles. The summed E-state index contributed by atoms with van der Waals surface area (Å²) in [4.78, 5) is 33.1. The van der Waals surface area contributed by atoms with Crippen LogP contribution in [0.3, 0.4) is 0 Å². The highest BCUT2D eigenvalue weighted by Gasteiger charge is 2.22. The monoisotopic (exact) mass is 414 g/mol. The molecule has 1 aliphatic carbocycles. The van der Waals surface area contributed by atoms with Crippen molar-refractivity contribution in [2.75, 3.05) is 31.1 Å². The number of piperazine rings is 1. The van der Waals surface area contributed by atoms with E-state index < -0.39 is 0 Å². The normalized spacial score (nSPS) is 16.5. The first kappa shape index (κ1) is 21.0. The highest BCUT2D eigenvalue weighted by atomic mass is 16.1. The number of aromatic nitrogens is 1. The lowest BCUT2D eigenvalue weighted by Gasteiger charge is -2.36. The van der Waals surface area contributed by atoms with E-state index in [1.54, 1.807) is 6.07 Å². The van der Waals surface area contributed by atoms with E-state index in [-0.39, 0.29) is 11.6 Å². The second-order valence-electron chi connectivity index (χ2n) is 8.20. The lowest BCUT2D eigenvalue weighted by Crippen LogP contribution is -2.46. The summed E-state index contributed by atoms with van der Waals surface area (Å²) in [6.45, 7) is 7.83. The second kappa shape index (κ2) is 8.83. The van der Waals surface area contributed by atoms with E-state index >= 15 is 0 Å². The van der Waals surface area contributed by atoms with Crippen molar-refractivity contribution < 1.29 is 9.59 Å². The number of rotatable bonds is 5. The predicted octanol–water partition coefficient (Wildman–Crippen LogP) is 3.40. The number of anilines is 1. The van der Waals surface area contributed by atoms with Gasteiger partial charge in [0.1, 0.15) is 6.07 Å². The largest absolute Gasteiger partial charge is 0.368 e. The zero-order valence-electron chi connectivity index (χ0n) is 18.0. The van der Waals surface area contributed by atoms with Gasteiger partial charge in [-0.15, -0.1) is 0 Å². The van der Waals surface area contributed by atoms with Crippen molar-refractivity contribution in [3.63, 3.8) is 0 Å². The van der Waals surface area contributed by atoms with Crippen LogP contribution < -0.4 is 4.90 Å². The Morgan fingerprint density at radius 2 is 1.97 bits per heavy atom. The number of benzene rings is 1. The third-order valence-electron chi connectivity index (χ3n) is 6.08. The van der Waals surface area contributed by atoms with Gasteiger partial charge in [-0.3, -0.25) is 19.5 Å². The van der Waals surface area contributed by atoms with Gasteiger partial charge in [0, 0.05) is 57.3 Å². The molecule has 0 saturated carbocycles. The molecule has 0 radical (unpaired) electrons. The molecular weight excluding hydrogens is 388 g/mol. The van der Waals surface area contributed by atoms with Gasteiger partial charge in [-0.05, 0) is 47.9 Å². The fraction of sp³-hybridized carbons (Fsp3) is 0.360. The van der Waals surface area contributed by atoms with Crippen molar-refractivity contribution in [2.24, 2.45) is 0 Å². The Morgan fingerprint density at radius 3 is 2.68 bits per heavy atom. The number of nitrogens with zero attached hydrogens (tertiary/aromatic N) is 4. The molecule has 0 N–H and O–H groups in total. The Hall–Kier alpha value is -3.30. The molecule has 2 aromatic rings. The molecule has 31 heavy (non-hydrogen) atoms. The maximum Gasteiger partial charge on any atom is 0.163 e. The number of fused-ring (bicyclic) bond motifs is 1. The molecule has 6 nitrogen and oxygen atoms in total. The summed E-state index contributed by atoms with van der Waals surface area (Å²) in [5, 5.41) is 9.57. The Bertz CT molecular complexity index is 1100. The molecular formula is C25H26N4O2. The van der Waals surface area contributed by atoms with E-state index in [0.717, 1.165) is 60.8 Å². The topological polar surface area (TPSA) is 77.3 Å². The van der Waals surface area contributed by atoms with Crippen LogP contribution in [-0.4, -0.2) is 47.6 Å². The molecule has 1 aliphatic heterocycles. The van der Waals surface area contributed by atoms with Crippen LogP contribution in [0.2, 0.25) is 0 Å². The summed E-state index contributed by atoms with van der Waals surface area (Å²) in [5.74, 6) is 0.221. The first-order chi connectivity index (χ1) is 15.0. The van der Waals surface area contributed by atoms with Crippen molar-refractivity contribution in [3.8, 4) is 6.07 Å². The number of carbonyl (C=O) groups is 2. The van der Waals surface area contributed by atoms with Crippen molar-refractivity contribution in [3.05, 3.63) is 64.0 Å². The van der Waals surface area contributed by atoms with Crippen LogP contribution in [0.5, 0.6) is 0 Å². The quantitative estimate of drug-likeness (QED) is 0.698. The molecule has 1 aromatic carbocycles. The Morgan fingerprint density at radius 1 is 1.19 bits per heavy atom. The van der Waals surface area contributed by atoms with Gasteiger partial charge in [-0.2, -0.15) is 5.26 Å². The summed E-state index contributed by atoms with van der Waals surface area (Å²) in [6, 6.07) is 9.79. The fourth-order valence-electron chi connectivity index (χ4n) is 4.21. The molecule has 2 heterocycles. The third kappa shape index (κ3) is 4.42. The highest BCUT2D eigenvalue weighted by molar-refractivity contribution is 6.02.